The van der Waals surface area contributed by atoms with Gasteiger partial charge in [-0.15, -0.1) is 6.42 Å². The number of hydrogen-bond acceptors (Lipinski definition) is 8. The van der Waals surface area contributed by atoms with Crippen molar-refractivity contribution < 1.29 is 28.6 Å². The molecule has 0 aromatic heterocycles. The van der Waals surface area contributed by atoms with E-state index in [4.69, 9.17) is 35.9 Å². The third-order valence-corrected chi connectivity index (χ3v) is 3.78. The first-order valence-corrected chi connectivity index (χ1v) is 8.83. The van der Waals surface area contributed by atoms with Crippen LogP contribution in [0.15, 0.2) is 5.16 Å². The molecule has 2 N–H and O–H groups in total. The maximum absolute atomic E-state index is 11.4. The van der Waals surface area contributed by atoms with Crippen LogP contribution in [-0.2, 0) is 28.6 Å². The van der Waals surface area contributed by atoms with Crippen molar-refractivity contribution in [1.29, 1.82) is 0 Å². The predicted molar refractivity (Wildman–Crippen MR) is 96.9 cm³/mol. The van der Waals surface area contributed by atoms with Crippen LogP contribution in [0, 0.1) is 18.3 Å². The van der Waals surface area contributed by atoms with Gasteiger partial charge >= 0.3 is 0 Å². The third kappa shape index (κ3) is 10.5. The van der Waals surface area contributed by atoms with Gasteiger partial charge in [0, 0.05) is 24.8 Å². The fraction of sp³-hybridized carbons (Fsp3) is 0.778. The van der Waals surface area contributed by atoms with Crippen LogP contribution in [0.1, 0.15) is 19.8 Å². The fourth-order valence-corrected chi connectivity index (χ4v) is 2.45. The number of carbonyl (C=O) groups is 1. The van der Waals surface area contributed by atoms with E-state index in [1.165, 1.54) is 0 Å². The lowest BCUT2D eigenvalue weighted by molar-refractivity contribution is -0.120. The number of ether oxygens (including phenoxy) is 4. The summed E-state index contributed by atoms with van der Waals surface area (Å²) in [6, 6.07) is -0.150. The highest BCUT2D eigenvalue weighted by Crippen LogP contribution is 2.23. The SMILES string of the molecule is C#CCOCCOCCOCCOCCO/N=C1/C[C@@H](N)[C@H](C(C)=O)C1. The Bertz CT molecular complexity index is 463. The van der Waals surface area contributed by atoms with E-state index in [2.05, 4.69) is 11.1 Å². The van der Waals surface area contributed by atoms with Gasteiger partial charge in [0.1, 0.15) is 19.0 Å². The zero-order valence-electron chi connectivity index (χ0n) is 15.5. The first kappa shape index (κ1) is 22.5. The van der Waals surface area contributed by atoms with Crippen LogP contribution in [0.4, 0.5) is 0 Å². The highest BCUT2D eigenvalue weighted by Gasteiger charge is 2.32. The van der Waals surface area contributed by atoms with Crippen molar-refractivity contribution in [1.82, 2.24) is 0 Å². The van der Waals surface area contributed by atoms with Crippen LogP contribution >= 0.6 is 0 Å². The molecule has 1 rings (SSSR count). The molecule has 0 heterocycles. The van der Waals surface area contributed by atoms with Crippen molar-refractivity contribution in [2.75, 3.05) is 59.5 Å². The Balaban J connectivity index is 1.85. The molecular weight excluding hydrogens is 340 g/mol. The van der Waals surface area contributed by atoms with E-state index in [-0.39, 0.29) is 17.7 Å². The molecule has 2 atom stereocenters. The van der Waals surface area contributed by atoms with Gasteiger partial charge in [-0.05, 0) is 6.92 Å². The van der Waals surface area contributed by atoms with E-state index in [9.17, 15) is 4.79 Å². The van der Waals surface area contributed by atoms with Crippen molar-refractivity contribution in [3.8, 4) is 12.3 Å². The number of oxime groups is 1. The molecule has 1 fully saturated rings. The number of hydrogen-bond donors (Lipinski definition) is 1. The van der Waals surface area contributed by atoms with E-state index < -0.39 is 0 Å². The van der Waals surface area contributed by atoms with Gasteiger partial charge in [0.2, 0.25) is 0 Å². The molecule has 0 bridgehead atoms. The summed E-state index contributed by atoms with van der Waals surface area (Å²) in [5, 5.41) is 4.04. The zero-order chi connectivity index (χ0) is 19.0. The van der Waals surface area contributed by atoms with Gasteiger partial charge < -0.3 is 29.5 Å². The quantitative estimate of drug-likeness (QED) is 0.253. The Morgan fingerprint density at radius 1 is 1.04 bits per heavy atom. The number of terminal acetylenes is 1. The summed E-state index contributed by atoms with van der Waals surface area (Å²) < 4.78 is 21.1. The lowest BCUT2D eigenvalue weighted by Crippen LogP contribution is -2.28. The Morgan fingerprint density at radius 2 is 1.58 bits per heavy atom. The first-order valence-electron chi connectivity index (χ1n) is 8.83. The van der Waals surface area contributed by atoms with E-state index in [1.54, 1.807) is 6.92 Å². The molecule has 0 spiro atoms. The fourth-order valence-electron chi connectivity index (χ4n) is 2.45. The van der Waals surface area contributed by atoms with Gasteiger partial charge in [-0.25, -0.2) is 0 Å². The lowest BCUT2D eigenvalue weighted by Gasteiger charge is -2.08. The van der Waals surface area contributed by atoms with Crippen LogP contribution in [0.25, 0.3) is 0 Å². The van der Waals surface area contributed by atoms with Crippen molar-refractivity contribution in [2.24, 2.45) is 16.8 Å². The van der Waals surface area contributed by atoms with Crippen LogP contribution < -0.4 is 5.73 Å². The largest absolute Gasteiger partial charge is 0.393 e. The number of ketones is 1. The maximum atomic E-state index is 11.4. The van der Waals surface area contributed by atoms with Crippen LogP contribution in [-0.4, -0.2) is 77.0 Å². The number of carbonyl (C=O) groups excluding carboxylic acids is 1. The lowest BCUT2D eigenvalue weighted by atomic mass is 10.0. The standard InChI is InChI=1S/C18H30N2O6/c1-3-4-22-5-6-23-7-8-24-9-10-25-11-12-26-20-16-13-17(15(2)21)18(19)14-16/h1,17-18H,4-14,19H2,2H3/b20-16+/t17-,18+/m0/s1. The summed E-state index contributed by atoms with van der Waals surface area (Å²) >= 11 is 0. The van der Waals surface area contributed by atoms with Crippen LogP contribution in [0.3, 0.4) is 0 Å². The topological polar surface area (TPSA) is 102 Å². The maximum Gasteiger partial charge on any atom is 0.140 e. The normalized spacial score (nSPS) is 21.0. The average Bonchev–Trinajstić information content (AvgIpc) is 2.99. The van der Waals surface area contributed by atoms with E-state index in [1.807, 2.05) is 0 Å². The second-order valence-corrected chi connectivity index (χ2v) is 5.87. The monoisotopic (exact) mass is 370 g/mol. The molecule has 0 aromatic carbocycles. The highest BCUT2D eigenvalue weighted by molar-refractivity contribution is 5.94. The molecular formula is C18H30N2O6. The minimum Gasteiger partial charge on any atom is -0.393 e. The van der Waals surface area contributed by atoms with E-state index >= 15 is 0 Å². The summed E-state index contributed by atoms with van der Waals surface area (Å²) in [4.78, 5) is 16.6. The third-order valence-electron chi connectivity index (χ3n) is 3.78. The number of nitrogens with zero attached hydrogens (tertiary/aromatic N) is 1. The van der Waals surface area contributed by atoms with E-state index in [0.717, 1.165) is 5.71 Å². The molecule has 8 nitrogen and oxygen atoms in total. The molecule has 1 aliphatic rings. The molecule has 0 aliphatic heterocycles. The highest BCUT2D eigenvalue weighted by atomic mass is 16.6. The van der Waals surface area contributed by atoms with Crippen LogP contribution in [0.5, 0.6) is 0 Å². The molecule has 0 unspecified atom stereocenters. The molecule has 0 aromatic rings. The average molecular weight is 370 g/mol. The Hall–Kier alpha value is -1.50. The molecule has 148 valence electrons. The Labute approximate surface area is 155 Å². The number of Topliss-reactive ketones (excluding diaryl/α,β-unsaturated/α-hetero) is 1. The van der Waals surface area contributed by atoms with Gasteiger partial charge in [-0.1, -0.05) is 11.1 Å². The minimum absolute atomic E-state index is 0.105. The number of nitrogens with two attached hydrogens (primary N) is 1. The summed E-state index contributed by atoms with van der Waals surface area (Å²) in [5.74, 6) is 2.35. The number of rotatable bonds is 15. The minimum atomic E-state index is -0.150. The molecule has 0 amide bonds. The van der Waals surface area contributed by atoms with Crippen molar-refractivity contribution in [3.63, 3.8) is 0 Å². The Kier molecular flexibility index (Phi) is 12.7. The molecule has 0 saturated heterocycles. The smallest absolute Gasteiger partial charge is 0.140 e. The Morgan fingerprint density at radius 3 is 2.08 bits per heavy atom. The van der Waals surface area contributed by atoms with Crippen molar-refractivity contribution in [2.45, 2.75) is 25.8 Å². The second kappa shape index (κ2) is 14.6. The summed E-state index contributed by atoms with van der Waals surface area (Å²) in [6.07, 6.45) is 6.24. The van der Waals surface area contributed by atoms with Crippen molar-refractivity contribution in [3.05, 3.63) is 0 Å². The van der Waals surface area contributed by atoms with Gasteiger partial charge in [0.15, 0.2) is 0 Å². The second-order valence-electron chi connectivity index (χ2n) is 5.87. The van der Waals surface area contributed by atoms with Gasteiger partial charge in [-0.3, -0.25) is 4.79 Å². The molecule has 1 saturated carbocycles. The summed E-state index contributed by atoms with van der Waals surface area (Å²) in [6.45, 7) is 5.59. The van der Waals surface area contributed by atoms with Gasteiger partial charge in [-0.2, -0.15) is 0 Å². The van der Waals surface area contributed by atoms with Gasteiger partial charge in [0.05, 0.1) is 52.0 Å². The predicted octanol–water partition coefficient (Wildman–Crippen LogP) is 0.385. The van der Waals surface area contributed by atoms with Crippen LogP contribution in [0.2, 0.25) is 0 Å². The summed E-state index contributed by atoms with van der Waals surface area (Å²) in [7, 11) is 0. The zero-order valence-corrected chi connectivity index (χ0v) is 15.5. The first-order chi connectivity index (χ1) is 12.6. The van der Waals surface area contributed by atoms with E-state index in [0.29, 0.717) is 72.3 Å². The molecule has 26 heavy (non-hydrogen) atoms. The van der Waals surface area contributed by atoms with Gasteiger partial charge in [0.25, 0.3) is 0 Å². The van der Waals surface area contributed by atoms with Crippen molar-refractivity contribution >= 4 is 11.5 Å². The molecule has 8 heteroatoms. The summed E-state index contributed by atoms with van der Waals surface area (Å²) in [5.41, 5.74) is 6.75. The molecule has 0 radical (unpaired) electrons. The molecule has 1 aliphatic carbocycles.